The van der Waals surface area contributed by atoms with Crippen LogP contribution in [0.4, 0.5) is 0 Å². The molecular formula is C12H23NO3. The molecule has 0 unspecified atom stereocenters. The predicted octanol–water partition coefficient (Wildman–Crippen LogP) is 2.18. The van der Waals surface area contributed by atoms with Crippen molar-refractivity contribution < 1.29 is 14.7 Å². The molecule has 4 nitrogen and oxygen atoms in total. The highest BCUT2D eigenvalue weighted by atomic mass is 16.4. The molecule has 0 aliphatic carbocycles. The molecule has 0 spiro atoms. The van der Waals surface area contributed by atoms with Crippen molar-refractivity contribution in [1.29, 1.82) is 0 Å². The van der Waals surface area contributed by atoms with Crippen LogP contribution in [0.1, 0.15) is 53.4 Å². The lowest BCUT2D eigenvalue weighted by atomic mass is 9.92. The third-order valence-corrected chi connectivity index (χ3v) is 2.17. The van der Waals surface area contributed by atoms with E-state index >= 15 is 0 Å². The fourth-order valence-electron chi connectivity index (χ4n) is 1.39. The van der Waals surface area contributed by atoms with E-state index in [0.29, 0.717) is 12.8 Å². The molecule has 0 saturated carbocycles. The van der Waals surface area contributed by atoms with Gasteiger partial charge in [-0.05, 0) is 11.8 Å². The molecule has 0 aromatic carbocycles. The summed E-state index contributed by atoms with van der Waals surface area (Å²) in [5, 5.41) is 11.5. The van der Waals surface area contributed by atoms with Gasteiger partial charge in [0.25, 0.3) is 0 Å². The lowest BCUT2D eigenvalue weighted by Gasteiger charge is -2.20. The maximum Gasteiger partial charge on any atom is 0.326 e. The smallest absolute Gasteiger partial charge is 0.326 e. The normalized spacial score (nSPS) is 13.2. The second-order valence-corrected chi connectivity index (χ2v) is 5.34. The van der Waals surface area contributed by atoms with E-state index in [1.54, 1.807) is 0 Å². The third kappa shape index (κ3) is 7.26. The molecule has 0 aromatic heterocycles. The Bertz CT molecular complexity index is 243. The summed E-state index contributed by atoms with van der Waals surface area (Å²) in [5.41, 5.74) is -0.113. The van der Waals surface area contributed by atoms with Crippen LogP contribution in [0, 0.1) is 5.41 Å². The maximum absolute atomic E-state index is 11.6. The minimum Gasteiger partial charge on any atom is -0.480 e. The second-order valence-electron chi connectivity index (χ2n) is 5.34. The van der Waals surface area contributed by atoms with Crippen LogP contribution in [0.25, 0.3) is 0 Å². The first-order valence-electron chi connectivity index (χ1n) is 5.78. The number of hydrogen-bond acceptors (Lipinski definition) is 2. The summed E-state index contributed by atoms with van der Waals surface area (Å²) in [4.78, 5) is 22.5. The Hall–Kier alpha value is -1.06. The van der Waals surface area contributed by atoms with Gasteiger partial charge < -0.3 is 10.4 Å². The van der Waals surface area contributed by atoms with Crippen LogP contribution in [-0.2, 0) is 9.59 Å². The SMILES string of the molecule is CCCC[C@H](NC(=O)CC(C)(C)C)C(=O)O. The average Bonchev–Trinajstić information content (AvgIpc) is 2.08. The summed E-state index contributed by atoms with van der Waals surface area (Å²) >= 11 is 0. The maximum atomic E-state index is 11.6. The Morgan fingerprint density at radius 2 is 1.88 bits per heavy atom. The van der Waals surface area contributed by atoms with Gasteiger partial charge in [-0.2, -0.15) is 0 Å². The lowest BCUT2D eigenvalue weighted by Crippen LogP contribution is -2.41. The van der Waals surface area contributed by atoms with Crippen LogP contribution in [0.3, 0.4) is 0 Å². The summed E-state index contributed by atoms with van der Waals surface area (Å²) in [6.45, 7) is 7.85. The van der Waals surface area contributed by atoms with Crippen LogP contribution >= 0.6 is 0 Å². The lowest BCUT2D eigenvalue weighted by molar-refractivity contribution is -0.142. The van der Waals surface area contributed by atoms with Crippen molar-refractivity contribution in [3.05, 3.63) is 0 Å². The molecule has 0 saturated heterocycles. The Morgan fingerprint density at radius 3 is 2.25 bits per heavy atom. The first-order valence-corrected chi connectivity index (χ1v) is 5.78. The van der Waals surface area contributed by atoms with Gasteiger partial charge in [-0.3, -0.25) is 4.79 Å². The molecule has 1 amide bonds. The van der Waals surface area contributed by atoms with E-state index in [-0.39, 0.29) is 11.3 Å². The van der Waals surface area contributed by atoms with Gasteiger partial charge >= 0.3 is 5.97 Å². The Kier molecular flexibility index (Phi) is 6.08. The van der Waals surface area contributed by atoms with Gasteiger partial charge in [0, 0.05) is 6.42 Å². The third-order valence-electron chi connectivity index (χ3n) is 2.17. The van der Waals surface area contributed by atoms with E-state index < -0.39 is 12.0 Å². The first-order chi connectivity index (χ1) is 7.26. The highest BCUT2D eigenvalue weighted by Gasteiger charge is 2.22. The van der Waals surface area contributed by atoms with Crippen LogP contribution in [0.15, 0.2) is 0 Å². The van der Waals surface area contributed by atoms with Gasteiger partial charge in [-0.15, -0.1) is 0 Å². The molecule has 0 aliphatic heterocycles. The van der Waals surface area contributed by atoms with E-state index in [1.807, 2.05) is 27.7 Å². The molecule has 0 heterocycles. The quantitative estimate of drug-likeness (QED) is 0.733. The van der Waals surface area contributed by atoms with Crippen molar-refractivity contribution in [1.82, 2.24) is 5.32 Å². The molecule has 16 heavy (non-hydrogen) atoms. The van der Waals surface area contributed by atoms with Gasteiger partial charge in [-0.1, -0.05) is 40.5 Å². The summed E-state index contributed by atoms with van der Waals surface area (Å²) in [6.07, 6.45) is 2.59. The molecule has 0 aliphatic rings. The molecule has 4 heteroatoms. The minimum atomic E-state index is -0.948. The Morgan fingerprint density at radius 1 is 1.31 bits per heavy atom. The number of rotatable bonds is 6. The van der Waals surface area contributed by atoms with E-state index in [2.05, 4.69) is 5.32 Å². The number of aliphatic carboxylic acids is 1. The number of carboxylic acids is 1. The molecule has 0 bridgehead atoms. The Labute approximate surface area is 97.4 Å². The monoisotopic (exact) mass is 229 g/mol. The van der Waals surface area contributed by atoms with Crippen molar-refractivity contribution in [3.8, 4) is 0 Å². The van der Waals surface area contributed by atoms with Crippen molar-refractivity contribution in [2.75, 3.05) is 0 Å². The van der Waals surface area contributed by atoms with Crippen molar-refractivity contribution in [3.63, 3.8) is 0 Å². The van der Waals surface area contributed by atoms with Gasteiger partial charge in [-0.25, -0.2) is 4.79 Å². The zero-order valence-electron chi connectivity index (χ0n) is 10.7. The summed E-state index contributed by atoms with van der Waals surface area (Å²) in [7, 11) is 0. The number of carboxylic acid groups (broad SMARTS) is 1. The van der Waals surface area contributed by atoms with Crippen LogP contribution < -0.4 is 5.32 Å². The minimum absolute atomic E-state index is 0.113. The summed E-state index contributed by atoms with van der Waals surface area (Å²) < 4.78 is 0. The van der Waals surface area contributed by atoms with Gasteiger partial charge in [0.1, 0.15) is 6.04 Å². The fraction of sp³-hybridized carbons (Fsp3) is 0.833. The van der Waals surface area contributed by atoms with Gasteiger partial charge in [0.05, 0.1) is 0 Å². The Balaban J connectivity index is 4.19. The molecule has 0 fully saturated rings. The van der Waals surface area contributed by atoms with E-state index in [4.69, 9.17) is 5.11 Å². The van der Waals surface area contributed by atoms with Crippen LogP contribution in [0.2, 0.25) is 0 Å². The number of nitrogens with one attached hydrogen (secondary N) is 1. The summed E-state index contributed by atoms with van der Waals surface area (Å²) in [5.74, 6) is -1.13. The molecule has 94 valence electrons. The van der Waals surface area contributed by atoms with Gasteiger partial charge in [0.15, 0.2) is 0 Å². The van der Waals surface area contributed by atoms with Crippen molar-refractivity contribution in [2.45, 2.75) is 59.4 Å². The topological polar surface area (TPSA) is 66.4 Å². The molecule has 0 radical (unpaired) electrons. The zero-order chi connectivity index (χ0) is 12.8. The predicted molar refractivity (Wildman–Crippen MR) is 63.2 cm³/mol. The van der Waals surface area contributed by atoms with Gasteiger partial charge in [0.2, 0.25) is 5.91 Å². The summed E-state index contributed by atoms with van der Waals surface area (Å²) in [6, 6.07) is -0.741. The first kappa shape index (κ1) is 14.9. The van der Waals surface area contributed by atoms with E-state index in [9.17, 15) is 9.59 Å². The number of carbonyl (C=O) groups is 2. The fourth-order valence-corrected chi connectivity index (χ4v) is 1.39. The number of unbranched alkanes of at least 4 members (excludes halogenated alkanes) is 1. The van der Waals surface area contributed by atoms with Crippen molar-refractivity contribution in [2.24, 2.45) is 5.41 Å². The average molecular weight is 229 g/mol. The molecular weight excluding hydrogens is 206 g/mol. The van der Waals surface area contributed by atoms with Crippen LogP contribution in [0.5, 0.6) is 0 Å². The molecule has 0 aromatic rings. The number of amides is 1. The van der Waals surface area contributed by atoms with E-state index in [0.717, 1.165) is 12.8 Å². The standard InChI is InChI=1S/C12H23NO3/c1-5-6-7-9(11(15)16)13-10(14)8-12(2,3)4/h9H,5-8H2,1-4H3,(H,13,14)(H,15,16)/t9-/m0/s1. The highest BCUT2D eigenvalue weighted by molar-refractivity contribution is 5.83. The van der Waals surface area contributed by atoms with Crippen LogP contribution in [-0.4, -0.2) is 23.0 Å². The molecule has 2 N–H and O–H groups in total. The molecule has 1 atom stereocenters. The zero-order valence-corrected chi connectivity index (χ0v) is 10.7. The highest BCUT2D eigenvalue weighted by Crippen LogP contribution is 2.18. The molecule has 0 rings (SSSR count). The number of carbonyl (C=O) groups excluding carboxylic acids is 1. The second kappa shape index (κ2) is 6.51. The van der Waals surface area contributed by atoms with E-state index in [1.165, 1.54) is 0 Å². The number of hydrogen-bond donors (Lipinski definition) is 2. The van der Waals surface area contributed by atoms with Crippen molar-refractivity contribution >= 4 is 11.9 Å². The largest absolute Gasteiger partial charge is 0.480 e.